The van der Waals surface area contributed by atoms with Gasteiger partial charge in [-0.15, -0.1) is 0 Å². The number of aliphatic hydroxyl groups is 1. The third-order valence-corrected chi connectivity index (χ3v) is 2.49. The summed E-state index contributed by atoms with van der Waals surface area (Å²) in [5, 5.41) is 22.1. The van der Waals surface area contributed by atoms with Gasteiger partial charge in [0.05, 0.1) is 6.61 Å². The van der Waals surface area contributed by atoms with Crippen LogP contribution in [0.25, 0.3) is 0 Å². The maximum atomic E-state index is 11.3. The quantitative estimate of drug-likeness (QED) is 0.446. The van der Waals surface area contributed by atoms with Crippen molar-refractivity contribution >= 4 is 12.0 Å². The summed E-state index contributed by atoms with van der Waals surface area (Å²) in [5.41, 5.74) is 0. The number of amides is 2. The Bertz CT molecular complexity index is 261. The minimum Gasteiger partial charge on any atom is -0.480 e. The van der Waals surface area contributed by atoms with E-state index in [-0.39, 0.29) is 0 Å². The van der Waals surface area contributed by atoms with Gasteiger partial charge in [-0.05, 0) is 19.5 Å². The summed E-state index contributed by atoms with van der Waals surface area (Å²) in [7, 11) is 0. The zero-order valence-corrected chi connectivity index (χ0v) is 11.0. The molecule has 18 heavy (non-hydrogen) atoms. The maximum absolute atomic E-state index is 11.3. The average Bonchev–Trinajstić information content (AvgIpc) is 2.34. The second kappa shape index (κ2) is 9.67. The molecule has 0 saturated carbocycles. The molecule has 7 nitrogen and oxygen atoms in total. The number of carbonyl (C=O) groups excluding carboxylic acids is 1. The van der Waals surface area contributed by atoms with Crippen LogP contribution in [0.15, 0.2) is 0 Å². The molecule has 0 spiro atoms. The molecule has 7 heteroatoms. The van der Waals surface area contributed by atoms with Gasteiger partial charge in [0.25, 0.3) is 0 Å². The van der Waals surface area contributed by atoms with Crippen LogP contribution in [0.4, 0.5) is 4.79 Å². The van der Waals surface area contributed by atoms with Gasteiger partial charge in [0, 0.05) is 13.1 Å². The largest absolute Gasteiger partial charge is 0.480 e. The lowest BCUT2D eigenvalue weighted by Gasteiger charge is -2.20. The molecule has 0 bridgehead atoms. The first-order valence-electron chi connectivity index (χ1n) is 6.15. The third-order valence-electron chi connectivity index (χ3n) is 2.49. The molecule has 0 heterocycles. The number of carboxylic acid groups (broad SMARTS) is 1. The van der Waals surface area contributed by atoms with E-state index in [2.05, 4.69) is 22.5 Å². The van der Waals surface area contributed by atoms with E-state index in [1.165, 1.54) is 0 Å². The predicted octanol–water partition coefficient (Wildman–Crippen LogP) is -0.537. The fourth-order valence-electron chi connectivity index (χ4n) is 1.47. The first-order valence-corrected chi connectivity index (χ1v) is 6.15. The number of aliphatic carboxylic acids is 1. The molecule has 0 radical (unpaired) electrons. The maximum Gasteiger partial charge on any atom is 0.328 e. The highest BCUT2D eigenvalue weighted by Gasteiger charge is 2.18. The molecule has 2 amide bonds. The number of urea groups is 1. The zero-order valence-electron chi connectivity index (χ0n) is 11.0. The fourth-order valence-corrected chi connectivity index (χ4v) is 1.47. The van der Waals surface area contributed by atoms with E-state index in [9.17, 15) is 9.59 Å². The van der Waals surface area contributed by atoms with Gasteiger partial charge in [0.1, 0.15) is 0 Å². The number of nitrogens with one attached hydrogen (secondary N) is 2. The van der Waals surface area contributed by atoms with Crippen LogP contribution < -0.4 is 10.6 Å². The van der Waals surface area contributed by atoms with E-state index in [4.69, 9.17) is 10.2 Å². The second-order valence-electron chi connectivity index (χ2n) is 3.91. The van der Waals surface area contributed by atoms with Gasteiger partial charge in [0.2, 0.25) is 0 Å². The molecule has 4 N–H and O–H groups in total. The lowest BCUT2D eigenvalue weighted by molar-refractivity contribution is -0.140. The SMILES string of the molecule is CCCN(CC)CCNC(=O)N[C@H](CO)C(=O)O. The van der Waals surface area contributed by atoms with Gasteiger partial charge >= 0.3 is 12.0 Å². The molecule has 106 valence electrons. The number of rotatable bonds is 9. The Morgan fingerprint density at radius 1 is 1.28 bits per heavy atom. The highest BCUT2D eigenvalue weighted by Crippen LogP contribution is 1.89. The first-order chi connectivity index (χ1) is 8.54. The molecule has 0 fully saturated rings. The average molecular weight is 261 g/mol. The minimum absolute atomic E-state index is 0.442. The number of likely N-dealkylation sites (N-methyl/N-ethyl adjacent to an activating group) is 1. The molecular formula is C11H23N3O4. The monoisotopic (exact) mass is 261 g/mol. The van der Waals surface area contributed by atoms with E-state index in [1.54, 1.807) is 0 Å². The van der Waals surface area contributed by atoms with E-state index >= 15 is 0 Å². The molecule has 0 aromatic heterocycles. The molecule has 0 aromatic rings. The Balaban J connectivity index is 3.85. The van der Waals surface area contributed by atoms with Crippen molar-refractivity contribution in [2.75, 3.05) is 32.8 Å². The van der Waals surface area contributed by atoms with Crippen LogP contribution in [0.3, 0.4) is 0 Å². The third kappa shape index (κ3) is 7.08. The molecule has 0 unspecified atom stereocenters. The van der Waals surface area contributed by atoms with Crippen LogP contribution in [-0.4, -0.2) is 65.9 Å². The van der Waals surface area contributed by atoms with Crippen molar-refractivity contribution in [1.82, 2.24) is 15.5 Å². The molecule has 0 aromatic carbocycles. The predicted molar refractivity (Wildman–Crippen MR) is 67.4 cm³/mol. The molecule has 0 aliphatic rings. The van der Waals surface area contributed by atoms with E-state index in [0.717, 1.165) is 19.5 Å². The molecule has 0 rings (SSSR count). The Morgan fingerprint density at radius 3 is 2.39 bits per heavy atom. The minimum atomic E-state index is -1.26. The van der Waals surface area contributed by atoms with Crippen LogP contribution >= 0.6 is 0 Å². The fraction of sp³-hybridized carbons (Fsp3) is 0.818. The van der Waals surface area contributed by atoms with Crippen molar-refractivity contribution in [2.45, 2.75) is 26.3 Å². The van der Waals surface area contributed by atoms with Crippen LogP contribution in [0.5, 0.6) is 0 Å². The topological polar surface area (TPSA) is 102 Å². The summed E-state index contributed by atoms with van der Waals surface area (Å²) in [4.78, 5) is 24.1. The van der Waals surface area contributed by atoms with Crippen molar-refractivity contribution in [3.63, 3.8) is 0 Å². The molecular weight excluding hydrogens is 238 g/mol. The van der Waals surface area contributed by atoms with Gasteiger partial charge in [-0.25, -0.2) is 9.59 Å². The number of nitrogens with zero attached hydrogens (tertiary/aromatic N) is 1. The van der Waals surface area contributed by atoms with Gasteiger partial charge in [-0.2, -0.15) is 0 Å². The molecule has 0 aliphatic carbocycles. The Labute approximate surface area is 107 Å². The summed E-state index contributed by atoms with van der Waals surface area (Å²) in [6, 6.07) is -1.84. The van der Waals surface area contributed by atoms with Crippen molar-refractivity contribution in [2.24, 2.45) is 0 Å². The number of hydrogen-bond donors (Lipinski definition) is 4. The van der Waals surface area contributed by atoms with Crippen molar-refractivity contribution < 1.29 is 19.8 Å². The summed E-state index contributed by atoms with van der Waals surface area (Å²) in [6.45, 7) is 6.54. The van der Waals surface area contributed by atoms with Crippen molar-refractivity contribution in [3.8, 4) is 0 Å². The molecule has 0 saturated heterocycles. The van der Waals surface area contributed by atoms with Crippen LogP contribution in [0.2, 0.25) is 0 Å². The summed E-state index contributed by atoms with van der Waals surface area (Å²) >= 11 is 0. The lowest BCUT2D eigenvalue weighted by atomic mass is 10.3. The number of carbonyl (C=O) groups is 2. The highest BCUT2D eigenvalue weighted by atomic mass is 16.4. The number of hydrogen-bond acceptors (Lipinski definition) is 4. The Hall–Kier alpha value is -1.34. The lowest BCUT2D eigenvalue weighted by Crippen LogP contribution is -2.49. The van der Waals surface area contributed by atoms with Crippen LogP contribution in [-0.2, 0) is 4.79 Å². The van der Waals surface area contributed by atoms with Gasteiger partial charge in [-0.3, -0.25) is 0 Å². The van der Waals surface area contributed by atoms with Gasteiger partial charge < -0.3 is 25.7 Å². The standard InChI is InChI=1S/C11H23N3O4/c1-3-6-14(4-2)7-5-12-11(18)13-9(8-15)10(16)17/h9,15H,3-8H2,1-2H3,(H,16,17)(H2,12,13,18)/t9-/m1/s1. The van der Waals surface area contributed by atoms with Crippen LogP contribution in [0, 0.1) is 0 Å². The van der Waals surface area contributed by atoms with Gasteiger partial charge in [0.15, 0.2) is 6.04 Å². The Kier molecular flexibility index (Phi) is 8.95. The van der Waals surface area contributed by atoms with Crippen molar-refractivity contribution in [1.29, 1.82) is 0 Å². The normalized spacial score (nSPS) is 12.2. The number of aliphatic hydroxyl groups excluding tert-OH is 1. The zero-order chi connectivity index (χ0) is 14.0. The number of carboxylic acids is 1. The summed E-state index contributed by atoms with van der Waals surface area (Å²) in [6.07, 6.45) is 1.05. The summed E-state index contributed by atoms with van der Waals surface area (Å²) in [5.74, 6) is -1.26. The second-order valence-corrected chi connectivity index (χ2v) is 3.91. The van der Waals surface area contributed by atoms with Gasteiger partial charge in [-0.1, -0.05) is 13.8 Å². The van der Waals surface area contributed by atoms with Crippen molar-refractivity contribution in [3.05, 3.63) is 0 Å². The van der Waals surface area contributed by atoms with E-state index in [1.807, 2.05) is 6.92 Å². The summed E-state index contributed by atoms with van der Waals surface area (Å²) < 4.78 is 0. The molecule has 0 aliphatic heterocycles. The molecule has 1 atom stereocenters. The van der Waals surface area contributed by atoms with Crippen LogP contribution in [0.1, 0.15) is 20.3 Å². The highest BCUT2D eigenvalue weighted by molar-refractivity contribution is 5.82. The van der Waals surface area contributed by atoms with E-state index in [0.29, 0.717) is 13.1 Å². The Morgan fingerprint density at radius 2 is 1.94 bits per heavy atom. The smallest absolute Gasteiger partial charge is 0.328 e. The van der Waals surface area contributed by atoms with E-state index < -0.39 is 24.6 Å². The first kappa shape index (κ1) is 16.7.